The molecule has 2 nitrogen and oxygen atoms in total. The van der Waals surface area contributed by atoms with Crippen LogP contribution < -0.4 is 0 Å². The van der Waals surface area contributed by atoms with Gasteiger partial charge in [-0.25, -0.2) is 0 Å². The van der Waals surface area contributed by atoms with Gasteiger partial charge in [0.1, 0.15) is 0 Å². The lowest BCUT2D eigenvalue weighted by atomic mass is 9.62. The number of fused-ring (bicyclic) bond motifs is 12. The summed E-state index contributed by atoms with van der Waals surface area (Å²) in [6.45, 7) is 8.70. The molecule has 0 radical (unpaired) electrons. The smallest absolute Gasteiger partial charge is 0.309 e. The predicted molar refractivity (Wildman–Crippen MR) is 84.7 cm³/mol. The van der Waals surface area contributed by atoms with Gasteiger partial charge in [0.05, 0.1) is 12.5 Å². The molecular weight excluding hydrogens is 260 g/mol. The summed E-state index contributed by atoms with van der Waals surface area (Å²) in [5, 5.41) is 0. The van der Waals surface area contributed by atoms with Crippen LogP contribution in [0.15, 0.2) is 0 Å². The third kappa shape index (κ3) is 2.00. The highest BCUT2D eigenvalue weighted by Crippen LogP contribution is 2.71. The Hall–Kier alpha value is -0.530. The molecule has 0 N–H and O–H groups in total. The van der Waals surface area contributed by atoms with E-state index < -0.39 is 0 Å². The topological polar surface area (TPSA) is 26.3 Å². The first-order chi connectivity index (χ1) is 10.3. The summed E-state index contributed by atoms with van der Waals surface area (Å²) in [6, 6.07) is 0. The average Bonchev–Trinajstić information content (AvgIpc) is 3.29. The van der Waals surface area contributed by atoms with E-state index in [-0.39, 0.29) is 5.97 Å². The summed E-state index contributed by atoms with van der Waals surface area (Å²) in [6.07, 6.45) is 6.99. The van der Waals surface area contributed by atoms with Crippen LogP contribution in [0.1, 0.15) is 59.8 Å². The van der Waals surface area contributed by atoms with Crippen molar-refractivity contribution in [3.05, 3.63) is 0 Å². The van der Waals surface area contributed by atoms with Crippen molar-refractivity contribution in [3.8, 4) is 0 Å². The standard InChI is InChI=1S/C15H20O2.2C2H6/c16-15-14-9(3-4-17-15)10-6-11(14)13-8-2-1-7(5-8)12(10)13;2*1-2/h7-14H,1-6H2;2*1-2H3. The normalized spacial score (nSPS) is 51.1. The largest absolute Gasteiger partial charge is 0.465 e. The molecule has 4 saturated carbocycles. The second kappa shape index (κ2) is 5.93. The third-order valence-electron chi connectivity index (χ3n) is 7.02. The Morgan fingerprint density at radius 2 is 1.43 bits per heavy atom. The van der Waals surface area contributed by atoms with E-state index in [4.69, 9.17) is 4.74 Å². The highest BCUT2D eigenvalue weighted by Gasteiger charge is 2.67. The van der Waals surface area contributed by atoms with Crippen molar-refractivity contribution in [1.29, 1.82) is 0 Å². The van der Waals surface area contributed by atoms with Gasteiger partial charge in [-0.15, -0.1) is 0 Å². The Kier molecular flexibility index (Phi) is 4.34. The van der Waals surface area contributed by atoms with Crippen molar-refractivity contribution in [1.82, 2.24) is 0 Å². The maximum absolute atomic E-state index is 12.0. The van der Waals surface area contributed by atoms with Crippen LogP contribution in [-0.4, -0.2) is 12.6 Å². The van der Waals surface area contributed by atoms with Crippen LogP contribution in [0.5, 0.6) is 0 Å². The van der Waals surface area contributed by atoms with Crippen molar-refractivity contribution < 1.29 is 9.53 Å². The molecule has 8 atom stereocenters. The molecule has 8 unspecified atom stereocenters. The van der Waals surface area contributed by atoms with E-state index in [1.165, 1.54) is 25.7 Å². The van der Waals surface area contributed by atoms with Gasteiger partial charge >= 0.3 is 5.97 Å². The highest BCUT2D eigenvalue weighted by molar-refractivity contribution is 5.75. The SMILES string of the molecule is CC.CC.O=C1OCCC2C3CC(C12)C1C2CCC(C2)C31. The quantitative estimate of drug-likeness (QED) is 0.484. The number of hydrogen-bond acceptors (Lipinski definition) is 2. The van der Waals surface area contributed by atoms with Crippen LogP contribution in [0.3, 0.4) is 0 Å². The first kappa shape index (κ1) is 15.4. The zero-order valence-electron chi connectivity index (χ0n) is 14.2. The number of esters is 1. The number of ether oxygens (including phenoxy) is 1. The fraction of sp³-hybridized carbons (Fsp3) is 0.947. The fourth-order valence-corrected chi connectivity index (χ4v) is 6.84. The second-order valence-corrected chi connectivity index (χ2v) is 7.20. The number of rotatable bonds is 0. The van der Waals surface area contributed by atoms with Crippen LogP contribution in [0.2, 0.25) is 0 Å². The maximum atomic E-state index is 12.0. The molecule has 4 bridgehead atoms. The minimum Gasteiger partial charge on any atom is -0.465 e. The first-order valence-corrected chi connectivity index (χ1v) is 9.51. The number of hydrogen-bond donors (Lipinski definition) is 0. The van der Waals surface area contributed by atoms with E-state index in [9.17, 15) is 4.79 Å². The lowest BCUT2D eigenvalue weighted by molar-refractivity contribution is -0.162. The Balaban J connectivity index is 0.000000308. The van der Waals surface area contributed by atoms with Crippen molar-refractivity contribution in [2.24, 2.45) is 47.3 Å². The van der Waals surface area contributed by atoms with E-state index in [1.807, 2.05) is 27.7 Å². The lowest BCUT2D eigenvalue weighted by Gasteiger charge is -2.44. The molecule has 1 aliphatic heterocycles. The van der Waals surface area contributed by atoms with Gasteiger partial charge in [0.2, 0.25) is 0 Å². The summed E-state index contributed by atoms with van der Waals surface area (Å²) >= 11 is 0. The molecule has 5 fully saturated rings. The molecule has 5 rings (SSSR count). The van der Waals surface area contributed by atoms with Gasteiger partial charge in [-0.1, -0.05) is 27.7 Å². The van der Waals surface area contributed by atoms with Crippen molar-refractivity contribution in [2.45, 2.75) is 59.8 Å². The number of cyclic esters (lactones) is 1. The van der Waals surface area contributed by atoms with Crippen LogP contribution in [-0.2, 0) is 9.53 Å². The second-order valence-electron chi connectivity index (χ2n) is 7.20. The van der Waals surface area contributed by atoms with Crippen LogP contribution in [0.25, 0.3) is 0 Å². The lowest BCUT2D eigenvalue weighted by Crippen LogP contribution is -2.44. The van der Waals surface area contributed by atoms with Gasteiger partial charge in [-0.2, -0.15) is 0 Å². The van der Waals surface area contributed by atoms with E-state index >= 15 is 0 Å². The summed E-state index contributed by atoms with van der Waals surface area (Å²) in [7, 11) is 0. The van der Waals surface area contributed by atoms with E-state index in [1.54, 1.807) is 0 Å². The molecule has 1 heterocycles. The monoisotopic (exact) mass is 292 g/mol. The van der Waals surface area contributed by atoms with Crippen molar-refractivity contribution >= 4 is 5.97 Å². The molecular formula is C19H32O2. The summed E-state index contributed by atoms with van der Waals surface area (Å²) in [4.78, 5) is 12.0. The molecule has 4 aliphatic carbocycles. The van der Waals surface area contributed by atoms with E-state index in [2.05, 4.69) is 0 Å². The summed E-state index contributed by atoms with van der Waals surface area (Å²) in [5.74, 6) is 6.77. The fourth-order valence-electron chi connectivity index (χ4n) is 6.84. The van der Waals surface area contributed by atoms with Gasteiger partial charge in [0.15, 0.2) is 0 Å². The first-order valence-electron chi connectivity index (χ1n) is 9.51. The van der Waals surface area contributed by atoms with Crippen LogP contribution >= 0.6 is 0 Å². The van der Waals surface area contributed by atoms with Gasteiger partial charge in [0.25, 0.3) is 0 Å². The number of carbonyl (C=O) groups is 1. The van der Waals surface area contributed by atoms with Crippen LogP contribution in [0.4, 0.5) is 0 Å². The summed E-state index contributed by atoms with van der Waals surface area (Å²) < 4.78 is 5.33. The van der Waals surface area contributed by atoms with Gasteiger partial charge < -0.3 is 4.74 Å². The predicted octanol–water partition coefficient (Wildman–Crippen LogP) is 4.53. The Morgan fingerprint density at radius 3 is 2.10 bits per heavy atom. The Labute approximate surface area is 130 Å². The molecule has 0 aromatic carbocycles. The van der Waals surface area contributed by atoms with Gasteiger partial charge in [-0.05, 0) is 73.5 Å². The highest BCUT2D eigenvalue weighted by atomic mass is 16.5. The minimum atomic E-state index is 0.162. The molecule has 0 aromatic heterocycles. The van der Waals surface area contributed by atoms with E-state index in [0.29, 0.717) is 18.4 Å². The maximum Gasteiger partial charge on any atom is 0.309 e. The summed E-state index contributed by atoms with van der Waals surface area (Å²) in [5.41, 5.74) is 0. The Bertz CT molecular complexity index is 391. The zero-order valence-corrected chi connectivity index (χ0v) is 14.2. The molecule has 0 aromatic rings. The zero-order chi connectivity index (χ0) is 15.1. The van der Waals surface area contributed by atoms with Gasteiger partial charge in [-0.3, -0.25) is 4.79 Å². The number of carbonyl (C=O) groups excluding carboxylic acids is 1. The molecule has 0 amide bonds. The minimum absolute atomic E-state index is 0.162. The molecule has 120 valence electrons. The molecule has 0 spiro atoms. The van der Waals surface area contributed by atoms with Gasteiger partial charge in [0, 0.05) is 0 Å². The Morgan fingerprint density at radius 1 is 0.810 bits per heavy atom. The van der Waals surface area contributed by atoms with Crippen LogP contribution in [0, 0.1) is 47.3 Å². The van der Waals surface area contributed by atoms with Crippen molar-refractivity contribution in [2.75, 3.05) is 6.61 Å². The molecule has 21 heavy (non-hydrogen) atoms. The molecule has 2 heteroatoms. The van der Waals surface area contributed by atoms with E-state index in [0.717, 1.165) is 41.9 Å². The van der Waals surface area contributed by atoms with Crippen molar-refractivity contribution in [3.63, 3.8) is 0 Å². The third-order valence-corrected chi connectivity index (χ3v) is 7.02. The molecule has 1 saturated heterocycles. The average molecular weight is 292 g/mol. The molecule has 5 aliphatic rings.